The van der Waals surface area contributed by atoms with Crippen LogP contribution < -0.4 is 15.5 Å². The predicted octanol–water partition coefficient (Wildman–Crippen LogP) is 4.30. The van der Waals surface area contributed by atoms with Crippen LogP contribution in [0.4, 0.5) is 17.2 Å². The molecule has 1 heterocycles. The number of anilines is 3. The molecule has 0 fully saturated rings. The molecular formula is C23H27N5O. The SMILES string of the molecule is CCN(CC)c1ccc(Nc2cnc(C(=O)NCc3ccccc3C)cn2)cc1. The van der Waals surface area contributed by atoms with Crippen molar-refractivity contribution in [3.05, 3.63) is 77.7 Å². The van der Waals surface area contributed by atoms with Crippen molar-refractivity contribution in [3.63, 3.8) is 0 Å². The van der Waals surface area contributed by atoms with Crippen molar-refractivity contribution in [3.8, 4) is 0 Å². The average molecular weight is 390 g/mol. The first kappa shape index (κ1) is 20.3. The van der Waals surface area contributed by atoms with Crippen LogP contribution in [0, 0.1) is 6.92 Å². The number of carbonyl (C=O) groups excluding carboxylic acids is 1. The molecule has 6 heteroatoms. The Morgan fingerprint density at radius 3 is 2.31 bits per heavy atom. The Kier molecular flexibility index (Phi) is 6.79. The van der Waals surface area contributed by atoms with Crippen LogP contribution in [0.15, 0.2) is 60.9 Å². The smallest absolute Gasteiger partial charge is 0.271 e. The number of aromatic nitrogens is 2. The number of nitrogens with zero attached hydrogens (tertiary/aromatic N) is 3. The Hall–Kier alpha value is -3.41. The lowest BCUT2D eigenvalue weighted by Crippen LogP contribution is -2.24. The Morgan fingerprint density at radius 1 is 0.966 bits per heavy atom. The first-order valence-corrected chi connectivity index (χ1v) is 9.87. The maximum Gasteiger partial charge on any atom is 0.271 e. The largest absolute Gasteiger partial charge is 0.372 e. The summed E-state index contributed by atoms with van der Waals surface area (Å²) in [6.07, 6.45) is 3.06. The molecule has 0 saturated carbocycles. The van der Waals surface area contributed by atoms with E-state index in [4.69, 9.17) is 0 Å². The van der Waals surface area contributed by atoms with Gasteiger partial charge in [0.25, 0.3) is 5.91 Å². The summed E-state index contributed by atoms with van der Waals surface area (Å²) in [5.41, 5.74) is 4.63. The first-order valence-electron chi connectivity index (χ1n) is 9.87. The highest BCUT2D eigenvalue weighted by Crippen LogP contribution is 2.20. The highest BCUT2D eigenvalue weighted by atomic mass is 16.1. The Labute approximate surface area is 172 Å². The van der Waals surface area contributed by atoms with Gasteiger partial charge in [0.1, 0.15) is 11.5 Å². The van der Waals surface area contributed by atoms with Crippen molar-refractivity contribution in [1.82, 2.24) is 15.3 Å². The molecule has 150 valence electrons. The van der Waals surface area contributed by atoms with Gasteiger partial charge in [-0.2, -0.15) is 0 Å². The van der Waals surface area contributed by atoms with E-state index in [9.17, 15) is 4.79 Å². The number of benzene rings is 2. The summed E-state index contributed by atoms with van der Waals surface area (Å²) in [5, 5.41) is 6.10. The van der Waals surface area contributed by atoms with Crippen molar-refractivity contribution in [1.29, 1.82) is 0 Å². The number of hydrogen-bond donors (Lipinski definition) is 2. The van der Waals surface area contributed by atoms with Gasteiger partial charge >= 0.3 is 0 Å². The molecule has 1 amide bonds. The maximum atomic E-state index is 12.3. The van der Waals surface area contributed by atoms with E-state index in [0.717, 1.165) is 29.9 Å². The second-order valence-electron chi connectivity index (χ2n) is 6.74. The van der Waals surface area contributed by atoms with Gasteiger partial charge in [0, 0.05) is 31.0 Å². The molecule has 2 N–H and O–H groups in total. The summed E-state index contributed by atoms with van der Waals surface area (Å²) in [6.45, 7) is 8.72. The van der Waals surface area contributed by atoms with Crippen LogP contribution in [0.25, 0.3) is 0 Å². The number of carbonyl (C=O) groups is 1. The summed E-state index contributed by atoms with van der Waals surface area (Å²) >= 11 is 0. The molecule has 1 aromatic heterocycles. The molecule has 6 nitrogen and oxygen atoms in total. The zero-order valence-electron chi connectivity index (χ0n) is 17.1. The summed E-state index contributed by atoms with van der Waals surface area (Å²) in [7, 11) is 0. The van der Waals surface area contributed by atoms with E-state index in [-0.39, 0.29) is 5.91 Å². The molecule has 0 spiro atoms. The lowest BCUT2D eigenvalue weighted by molar-refractivity contribution is 0.0945. The predicted molar refractivity (Wildman–Crippen MR) is 118 cm³/mol. The van der Waals surface area contributed by atoms with E-state index in [0.29, 0.717) is 18.1 Å². The van der Waals surface area contributed by atoms with Crippen LogP contribution in [-0.4, -0.2) is 29.0 Å². The normalized spacial score (nSPS) is 10.4. The van der Waals surface area contributed by atoms with E-state index in [1.54, 1.807) is 6.20 Å². The third-order valence-electron chi connectivity index (χ3n) is 4.85. The quantitative estimate of drug-likeness (QED) is 0.601. The van der Waals surface area contributed by atoms with Gasteiger partial charge in [-0.1, -0.05) is 24.3 Å². The van der Waals surface area contributed by atoms with Crippen molar-refractivity contribution < 1.29 is 4.79 Å². The molecule has 0 bridgehead atoms. The Balaban J connectivity index is 1.58. The lowest BCUT2D eigenvalue weighted by atomic mass is 10.1. The third kappa shape index (κ3) is 5.31. The van der Waals surface area contributed by atoms with E-state index in [1.807, 2.05) is 43.3 Å². The van der Waals surface area contributed by atoms with Gasteiger partial charge in [-0.05, 0) is 56.2 Å². The summed E-state index contributed by atoms with van der Waals surface area (Å²) in [4.78, 5) is 23.2. The molecule has 0 atom stereocenters. The van der Waals surface area contributed by atoms with Gasteiger partial charge in [0.05, 0.1) is 12.4 Å². The maximum absolute atomic E-state index is 12.3. The van der Waals surface area contributed by atoms with Crippen LogP contribution >= 0.6 is 0 Å². The second kappa shape index (κ2) is 9.68. The lowest BCUT2D eigenvalue weighted by Gasteiger charge is -2.21. The van der Waals surface area contributed by atoms with Crippen LogP contribution in [0.2, 0.25) is 0 Å². The van der Waals surface area contributed by atoms with Crippen molar-refractivity contribution in [2.45, 2.75) is 27.3 Å². The molecule has 29 heavy (non-hydrogen) atoms. The highest BCUT2D eigenvalue weighted by Gasteiger charge is 2.09. The molecule has 0 unspecified atom stereocenters. The average Bonchev–Trinajstić information content (AvgIpc) is 2.75. The second-order valence-corrected chi connectivity index (χ2v) is 6.74. The van der Waals surface area contributed by atoms with Crippen molar-refractivity contribution in [2.75, 3.05) is 23.3 Å². The molecule has 0 aliphatic heterocycles. The standard InChI is InChI=1S/C23H27N5O/c1-4-28(5-2)20-12-10-19(11-13-20)27-22-16-24-21(15-25-22)23(29)26-14-18-9-7-6-8-17(18)3/h6-13,15-16H,4-5,14H2,1-3H3,(H,25,27)(H,26,29). The van der Waals surface area contributed by atoms with E-state index in [2.05, 4.69) is 51.5 Å². The highest BCUT2D eigenvalue weighted by molar-refractivity contribution is 5.92. The topological polar surface area (TPSA) is 70.2 Å². The van der Waals surface area contributed by atoms with Crippen LogP contribution in [-0.2, 0) is 6.54 Å². The minimum Gasteiger partial charge on any atom is -0.372 e. The summed E-state index contributed by atoms with van der Waals surface area (Å²) in [5.74, 6) is 0.354. The van der Waals surface area contributed by atoms with E-state index >= 15 is 0 Å². The van der Waals surface area contributed by atoms with Gasteiger partial charge in [0.2, 0.25) is 0 Å². The Bertz CT molecular complexity index is 934. The zero-order chi connectivity index (χ0) is 20.6. The molecule has 2 aromatic carbocycles. The third-order valence-corrected chi connectivity index (χ3v) is 4.85. The van der Waals surface area contributed by atoms with E-state index in [1.165, 1.54) is 11.9 Å². The molecule has 0 aliphatic rings. The molecule has 0 aliphatic carbocycles. The zero-order valence-corrected chi connectivity index (χ0v) is 17.1. The fourth-order valence-corrected chi connectivity index (χ4v) is 3.08. The minimum atomic E-state index is -0.240. The van der Waals surface area contributed by atoms with Gasteiger partial charge in [-0.25, -0.2) is 9.97 Å². The minimum absolute atomic E-state index is 0.240. The molecule has 0 radical (unpaired) electrons. The number of rotatable bonds is 8. The first-order chi connectivity index (χ1) is 14.1. The Morgan fingerprint density at radius 2 is 1.69 bits per heavy atom. The number of aryl methyl sites for hydroxylation is 1. The fourth-order valence-electron chi connectivity index (χ4n) is 3.08. The van der Waals surface area contributed by atoms with Gasteiger partial charge in [-0.15, -0.1) is 0 Å². The van der Waals surface area contributed by atoms with Crippen LogP contribution in [0.3, 0.4) is 0 Å². The van der Waals surface area contributed by atoms with Crippen molar-refractivity contribution >= 4 is 23.1 Å². The van der Waals surface area contributed by atoms with Gasteiger partial charge in [-0.3, -0.25) is 4.79 Å². The molecule has 3 rings (SSSR count). The monoisotopic (exact) mass is 389 g/mol. The van der Waals surface area contributed by atoms with Crippen LogP contribution in [0.1, 0.15) is 35.5 Å². The van der Waals surface area contributed by atoms with Gasteiger partial charge in [0.15, 0.2) is 0 Å². The molecule has 0 saturated heterocycles. The molecule has 3 aromatic rings. The van der Waals surface area contributed by atoms with E-state index < -0.39 is 0 Å². The number of nitrogens with one attached hydrogen (secondary N) is 2. The van der Waals surface area contributed by atoms with Crippen molar-refractivity contribution in [2.24, 2.45) is 0 Å². The number of amides is 1. The van der Waals surface area contributed by atoms with Crippen LogP contribution in [0.5, 0.6) is 0 Å². The van der Waals surface area contributed by atoms with Gasteiger partial charge < -0.3 is 15.5 Å². The number of hydrogen-bond acceptors (Lipinski definition) is 5. The molecular weight excluding hydrogens is 362 g/mol. The summed E-state index contributed by atoms with van der Waals surface area (Å²) < 4.78 is 0. The fraction of sp³-hybridized carbons (Fsp3) is 0.261. The summed E-state index contributed by atoms with van der Waals surface area (Å²) in [6, 6.07) is 16.1.